The van der Waals surface area contributed by atoms with Crippen molar-refractivity contribution in [3.05, 3.63) is 41.7 Å². The number of carbonyl (C=O) groups is 1. The minimum absolute atomic E-state index is 0.110. The summed E-state index contributed by atoms with van der Waals surface area (Å²) in [7, 11) is 0. The van der Waals surface area contributed by atoms with Gasteiger partial charge in [0.2, 0.25) is 5.91 Å². The van der Waals surface area contributed by atoms with E-state index in [-0.39, 0.29) is 12.0 Å². The van der Waals surface area contributed by atoms with Gasteiger partial charge in [-0.25, -0.2) is 4.98 Å². The molecule has 2 aliphatic rings. The van der Waals surface area contributed by atoms with Crippen LogP contribution in [0.2, 0.25) is 0 Å². The Morgan fingerprint density at radius 1 is 1.30 bits per heavy atom. The molecule has 1 amide bonds. The van der Waals surface area contributed by atoms with Crippen molar-refractivity contribution in [2.45, 2.75) is 45.3 Å². The van der Waals surface area contributed by atoms with Gasteiger partial charge < -0.3 is 19.7 Å². The van der Waals surface area contributed by atoms with Gasteiger partial charge in [0, 0.05) is 30.7 Å². The van der Waals surface area contributed by atoms with Crippen LogP contribution in [-0.2, 0) is 11.2 Å². The first-order valence-electron chi connectivity index (χ1n) is 9.53. The van der Waals surface area contributed by atoms with Gasteiger partial charge in [-0.1, -0.05) is 0 Å². The van der Waals surface area contributed by atoms with Crippen LogP contribution in [0.4, 0.5) is 0 Å². The van der Waals surface area contributed by atoms with E-state index >= 15 is 0 Å². The summed E-state index contributed by atoms with van der Waals surface area (Å²) in [5.41, 5.74) is 2.62. The van der Waals surface area contributed by atoms with E-state index in [0.29, 0.717) is 31.2 Å². The first-order valence-corrected chi connectivity index (χ1v) is 9.53. The number of rotatable bonds is 4. The third kappa shape index (κ3) is 3.83. The molecule has 0 aromatic carbocycles. The van der Waals surface area contributed by atoms with Crippen LogP contribution in [0.15, 0.2) is 24.7 Å². The lowest BCUT2D eigenvalue weighted by Crippen LogP contribution is -2.42. The number of H-pyrrole nitrogens is 1. The number of ether oxygens (including phenoxy) is 1. The molecule has 7 heteroatoms. The van der Waals surface area contributed by atoms with Crippen molar-refractivity contribution in [3.63, 3.8) is 0 Å². The van der Waals surface area contributed by atoms with E-state index in [2.05, 4.69) is 15.0 Å². The van der Waals surface area contributed by atoms with Gasteiger partial charge in [0.15, 0.2) is 0 Å². The molecule has 1 aliphatic heterocycles. The van der Waals surface area contributed by atoms with Gasteiger partial charge in [0.1, 0.15) is 11.9 Å². The highest BCUT2D eigenvalue weighted by atomic mass is 16.5. The second kappa shape index (κ2) is 7.31. The standard InChI is InChI=1S/C20H26N4O3/c1-12-3-4-18(13(2)23-12)27-19-6-15-10-24(9-14(15)5-17(19)25)20(26)7-16-8-21-11-22-16/h3-4,8,11,14-15,17,19,25H,5-7,9-10H2,1-2H3,(H,21,22)/t14-,15+,17+,19+/m0/s1. The molecule has 27 heavy (non-hydrogen) atoms. The molecule has 0 spiro atoms. The van der Waals surface area contributed by atoms with Crippen molar-refractivity contribution in [2.75, 3.05) is 13.1 Å². The maximum absolute atomic E-state index is 12.6. The maximum atomic E-state index is 12.6. The van der Waals surface area contributed by atoms with Crippen LogP contribution in [0.3, 0.4) is 0 Å². The molecule has 1 saturated heterocycles. The smallest absolute Gasteiger partial charge is 0.228 e. The first kappa shape index (κ1) is 18.0. The summed E-state index contributed by atoms with van der Waals surface area (Å²) in [6.07, 6.45) is 4.27. The van der Waals surface area contributed by atoms with E-state index in [0.717, 1.165) is 35.8 Å². The number of aliphatic hydroxyl groups excluding tert-OH is 1. The van der Waals surface area contributed by atoms with E-state index in [9.17, 15) is 9.90 Å². The largest absolute Gasteiger partial charge is 0.486 e. The van der Waals surface area contributed by atoms with Crippen LogP contribution in [0, 0.1) is 25.7 Å². The van der Waals surface area contributed by atoms with Crippen LogP contribution in [0.25, 0.3) is 0 Å². The van der Waals surface area contributed by atoms with Crippen molar-refractivity contribution in [3.8, 4) is 5.75 Å². The SMILES string of the molecule is Cc1ccc(O[C@@H]2C[C@@H]3CN(C(=O)Cc4cnc[nH]4)C[C@@H]3C[C@H]2O)c(C)n1. The zero-order chi connectivity index (χ0) is 19.0. The zero-order valence-electron chi connectivity index (χ0n) is 15.8. The Morgan fingerprint density at radius 2 is 2.07 bits per heavy atom. The predicted molar refractivity (Wildman–Crippen MR) is 99.2 cm³/mol. The van der Waals surface area contributed by atoms with Crippen LogP contribution in [0.1, 0.15) is 29.9 Å². The van der Waals surface area contributed by atoms with E-state index in [1.54, 1.807) is 12.5 Å². The van der Waals surface area contributed by atoms with Gasteiger partial charge in [-0.2, -0.15) is 0 Å². The van der Waals surface area contributed by atoms with Crippen LogP contribution >= 0.6 is 0 Å². The maximum Gasteiger partial charge on any atom is 0.228 e. The minimum Gasteiger partial charge on any atom is -0.486 e. The number of aliphatic hydroxyl groups is 1. The quantitative estimate of drug-likeness (QED) is 0.854. The van der Waals surface area contributed by atoms with Crippen molar-refractivity contribution >= 4 is 5.91 Å². The molecule has 144 valence electrons. The third-order valence-electron chi connectivity index (χ3n) is 5.79. The summed E-state index contributed by atoms with van der Waals surface area (Å²) in [4.78, 5) is 25.9. The number of nitrogens with one attached hydrogen (secondary N) is 1. The van der Waals surface area contributed by atoms with Gasteiger partial charge >= 0.3 is 0 Å². The predicted octanol–water partition coefficient (Wildman–Crippen LogP) is 1.64. The third-order valence-corrected chi connectivity index (χ3v) is 5.79. The number of likely N-dealkylation sites (tertiary alicyclic amines) is 1. The second-order valence-electron chi connectivity index (χ2n) is 7.80. The topological polar surface area (TPSA) is 91.3 Å². The summed E-state index contributed by atoms with van der Waals surface area (Å²) >= 11 is 0. The highest BCUT2D eigenvalue weighted by molar-refractivity contribution is 5.78. The van der Waals surface area contributed by atoms with E-state index < -0.39 is 6.10 Å². The summed E-state index contributed by atoms with van der Waals surface area (Å²) in [6.45, 7) is 5.32. The number of amides is 1. The average Bonchev–Trinajstić information content (AvgIpc) is 3.27. The fraction of sp³-hybridized carbons (Fsp3) is 0.550. The van der Waals surface area contributed by atoms with E-state index in [1.165, 1.54) is 0 Å². The van der Waals surface area contributed by atoms with Gasteiger partial charge in [-0.15, -0.1) is 0 Å². The molecular formula is C20H26N4O3. The zero-order valence-corrected chi connectivity index (χ0v) is 15.8. The number of pyridine rings is 1. The summed E-state index contributed by atoms with van der Waals surface area (Å²) in [5, 5.41) is 10.6. The van der Waals surface area contributed by atoms with Gasteiger partial charge in [-0.3, -0.25) is 9.78 Å². The number of nitrogens with zero attached hydrogens (tertiary/aromatic N) is 3. The summed E-state index contributed by atoms with van der Waals surface area (Å²) in [6, 6.07) is 3.84. The molecule has 2 aromatic heterocycles. The second-order valence-corrected chi connectivity index (χ2v) is 7.80. The fourth-order valence-electron chi connectivity index (χ4n) is 4.34. The van der Waals surface area contributed by atoms with Crippen molar-refractivity contribution < 1.29 is 14.6 Å². The number of aromatic amines is 1. The molecule has 2 aromatic rings. The minimum atomic E-state index is -0.519. The first-order chi connectivity index (χ1) is 13.0. The Hall–Kier alpha value is -2.41. The normalized spacial score (nSPS) is 27.4. The Bertz CT molecular complexity index is 808. The molecule has 0 radical (unpaired) electrons. The molecule has 0 bridgehead atoms. The molecule has 1 saturated carbocycles. The lowest BCUT2D eigenvalue weighted by molar-refractivity contribution is -0.129. The van der Waals surface area contributed by atoms with Crippen molar-refractivity contribution in [2.24, 2.45) is 11.8 Å². The number of carbonyl (C=O) groups excluding carboxylic acids is 1. The van der Waals surface area contributed by atoms with Crippen LogP contribution in [-0.4, -0.2) is 56.2 Å². The lowest BCUT2D eigenvalue weighted by atomic mass is 9.78. The molecule has 7 nitrogen and oxygen atoms in total. The van der Waals surface area contributed by atoms with Crippen LogP contribution in [0.5, 0.6) is 5.75 Å². The highest BCUT2D eigenvalue weighted by Gasteiger charge is 2.43. The van der Waals surface area contributed by atoms with E-state index in [4.69, 9.17) is 4.74 Å². The summed E-state index contributed by atoms with van der Waals surface area (Å²) < 4.78 is 6.11. The summed E-state index contributed by atoms with van der Waals surface area (Å²) in [5.74, 6) is 1.54. The number of imidazole rings is 1. The Balaban J connectivity index is 1.39. The molecule has 3 heterocycles. The number of hydrogen-bond donors (Lipinski definition) is 2. The highest BCUT2D eigenvalue weighted by Crippen LogP contribution is 2.38. The Labute approximate surface area is 158 Å². The molecule has 2 fully saturated rings. The number of aryl methyl sites for hydroxylation is 2. The van der Waals surface area contributed by atoms with Gasteiger partial charge in [-0.05, 0) is 50.7 Å². The molecular weight excluding hydrogens is 344 g/mol. The van der Waals surface area contributed by atoms with Crippen molar-refractivity contribution in [1.82, 2.24) is 19.9 Å². The fourth-order valence-corrected chi connectivity index (χ4v) is 4.34. The van der Waals surface area contributed by atoms with Crippen LogP contribution < -0.4 is 4.74 Å². The molecule has 2 N–H and O–H groups in total. The monoisotopic (exact) mass is 370 g/mol. The van der Waals surface area contributed by atoms with Crippen molar-refractivity contribution in [1.29, 1.82) is 0 Å². The molecule has 4 atom stereocenters. The Kier molecular flexibility index (Phi) is 4.86. The Morgan fingerprint density at radius 3 is 2.78 bits per heavy atom. The average molecular weight is 370 g/mol. The molecule has 0 unspecified atom stereocenters. The molecule has 4 rings (SSSR count). The van der Waals surface area contributed by atoms with Gasteiger partial charge in [0.25, 0.3) is 0 Å². The number of hydrogen-bond acceptors (Lipinski definition) is 5. The number of fused-ring (bicyclic) bond motifs is 1. The van der Waals surface area contributed by atoms with E-state index in [1.807, 2.05) is 30.9 Å². The lowest BCUT2D eigenvalue weighted by Gasteiger charge is -2.35. The number of aromatic nitrogens is 3. The van der Waals surface area contributed by atoms with Gasteiger partial charge in [0.05, 0.1) is 24.5 Å². The molecule has 1 aliphatic carbocycles.